The summed E-state index contributed by atoms with van der Waals surface area (Å²) in [6.07, 6.45) is 15.4. The molecule has 422 valence electrons. The van der Waals surface area contributed by atoms with Gasteiger partial charge in [0.15, 0.2) is 0 Å². The van der Waals surface area contributed by atoms with Gasteiger partial charge in [-0.15, -0.1) is 0 Å². The Balaban J connectivity index is -0.000000617. The van der Waals surface area contributed by atoms with E-state index in [0.717, 1.165) is 90.2 Å². The third-order valence-corrected chi connectivity index (χ3v) is 11.6. The lowest BCUT2D eigenvalue weighted by Crippen LogP contribution is -2.43. The van der Waals surface area contributed by atoms with Crippen molar-refractivity contribution in [3.05, 3.63) is 102 Å². The molecule has 0 aliphatic carbocycles. The molecule has 13 heteroatoms. The van der Waals surface area contributed by atoms with Crippen LogP contribution in [0, 0.1) is 40.4 Å². The molecular weight excluding hydrogens is 939 g/mol. The first kappa shape index (κ1) is 75.9. The van der Waals surface area contributed by atoms with Gasteiger partial charge < -0.3 is 35.1 Å². The van der Waals surface area contributed by atoms with Crippen molar-refractivity contribution in [2.24, 2.45) is 40.6 Å². The van der Waals surface area contributed by atoms with Crippen molar-refractivity contribution in [1.29, 1.82) is 5.41 Å². The summed E-state index contributed by atoms with van der Waals surface area (Å²) in [6, 6.07) is 15.4. The summed E-state index contributed by atoms with van der Waals surface area (Å²) in [4.78, 5) is 43.7. The van der Waals surface area contributed by atoms with Crippen molar-refractivity contribution >= 4 is 47.5 Å². The predicted octanol–water partition coefficient (Wildman–Crippen LogP) is 11.1. The van der Waals surface area contributed by atoms with E-state index >= 15 is 0 Å². The van der Waals surface area contributed by atoms with E-state index in [9.17, 15) is 19.5 Å². The highest BCUT2D eigenvalue weighted by Crippen LogP contribution is 2.38. The molecule has 0 radical (unpaired) electrons. The second-order valence-corrected chi connectivity index (χ2v) is 19.5. The number of likely N-dealkylation sites (N-methyl/N-ethyl adjacent to an activating group) is 1. The number of hydrogen-bond donors (Lipinski definition) is 5. The van der Waals surface area contributed by atoms with Crippen molar-refractivity contribution in [2.75, 3.05) is 55.1 Å². The fourth-order valence-electron chi connectivity index (χ4n) is 8.04. The first-order valence-electron chi connectivity index (χ1n) is 26.3. The van der Waals surface area contributed by atoms with Crippen molar-refractivity contribution in [3.8, 4) is 23.0 Å². The van der Waals surface area contributed by atoms with E-state index in [1.807, 2.05) is 85.5 Å². The fourth-order valence-corrected chi connectivity index (χ4v) is 8.04. The molecule has 0 bridgehead atoms. The van der Waals surface area contributed by atoms with E-state index in [1.54, 1.807) is 13.2 Å². The summed E-state index contributed by atoms with van der Waals surface area (Å²) in [5.41, 5.74) is 14.8. The number of aldehydes is 1. The van der Waals surface area contributed by atoms with Crippen molar-refractivity contribution in [2.45, 2.75) is 141 Å². The van der Waals surface area contributed by atoms with Crippen LogP contribution in [0.15, 0.2) is 85.0 Å². The normalized spacial score (nSPS) is 12.2. The molecule has 0 aliphatic heterocycles. The van der Waals surface area contributed by atoms with Gasteiger partial charge in [0.05, 0.1) is 24.9 Å². The number of aliphatic hydroxyl groups is 1. The number of benzene rings is 2. The van der Waals surface area contributed by atoms with Gasteiger partial charge in [0.1, 0.15) is 13.1 Å². The van der Waals surface area contributed by atoms with Crippen LogP contribution in [0.4, 0.5) is 0 Å². The molecule has 3 unspecified atom stereocenters. The monoisotopic (exact) mass is 1040 g/mol. The minimum absolute atomic E-state index is 0.0647. The quantitative estimate of drug-likeness (QED) is 0.0109. The summed E-state index contributed by atoms with van der Waals surface area (Å²) < 4.78 is 7.75. The Morgan fingerprint density at radius 3 is 1.95 bits per heavy atom. The zero-order valence-electron chi connectivity index (χ0n) is 49.7. The number of aromatic nitrogens is 1. The average Bonchev–Trinajstić information content (AvgIpc) is 3.68. The average molecular weight is 1040 g/mol. The van der Waals surface area contributed by atoms with Gasteiger partial charge >= 0.3 is 0 Å². The van der Waals surface area contributed by atoms with Crippen LogP contribution >= 0.6 is 0 Å². The highest BCUT2D eigenvalue weighted by Gasteiger charge is 2.27. The summed E-state index contributed by atoms with van der Waals surface area (Å²) >= 11 is 0. The number of carbonyl (C=O) groups excluding carboxylic acids is 4. The van der Waals surface area contributed by atoms with E-state index in [0.29, 0.717) is 25.5 Å². The van der Waals surface area contributed by atoms with E-state index in [4.69, 9.17) is 20.7 Å². The Morgan fingerprint density at radius 1 is 0.947 bits per heavy atom. The number of fused-ring (bicyclic) bond motifs is 1. The maximum atomic E-state index is 11.0. The molecule has 13 nitrogen and oxygen atoms in total. The zero-order valence-corrected chi connectivity index (χ0v) is 49.7. The van der Waals surface area contributed by atoms with Gasteiger partial charge in [-0.05, 0) is 130 Å². The fraction of sp³-hybridized carbons (Fsp3) is 0.532. The molecule has 1 aromatic heterocycles. The van der Waals surface area contributed by atoms with Gasteiger partial charge in [-0.2, -0.15) is 0 Å². The van der Waals surface area contributed by atoms with Crippen LogP contribution < -0.4 is 17.4 Å². The summed E-state index contributed by atoms with van der Waals surface area (Å²) in [6.45, 7) is 35.8. The number of nitrogens with one attached hydrogen (secondary N) is 1. The number of hydrazine groups is 1. The minimum Gasteiger partial charge on any atom is -0.396 e. The van der Waals surface area contributed by atoms with Crippen LogP contribution in [0.25, 0.3) is 27.6 Å². The van der Waals surface area contributed by atoms with E-state index in [2.05, 4.69) is 131 Å². The van der Waals surface area contributed by atoms with E-state index in [1.165, 1.54) is 29.8 Å². The molecule has 8 N–H and O–H groups in total. The number of rotatable bonds is 24. The summed E-state index contributed by atoms with van der Waals surface area (Å²) in [5, 5.41) is 19.8. The van der Waals surface area contributed by atoms with Crippen LogP contribution in [0.1, 0.15) is 132 Å². The van der Waals surface area contributed by atoms with Crippen LogP contribution in [0.5, 0.6) is 0 Å². The number of aliphatic hydroxyl groups excluding tert-OH is 1. The number of allylic oxidation sites excluding steroid dienone is 4. The molecule has 0 saturated heterocycles. The smallest absolute Gasteiger partial charge is 0.235 e. The molecule has 0 saturated carbocycles. The van der Waals surface area contributed by atoms with Crippen LogP contribution in [-0.4, -0.2) is 112 Å². The lowest BCUT2D eigenvalue weighted by Gasteiger charge is -2.24. The van der Waals surface area contributed by atoms with Gasteiger partial charge in [0.25, 0.3) is 0 Å². The largest absolute Gasteiger partial charge is 0.396 e. The number of amides is 1. The maximum absolute atomic E-state index is 11.0. The topological polar surface area (TPSA) is 211 Å². The SMILES string of the molecule is C=C/C(=C/CC)CC.C=C/C(COC)=C(\C=N)c1c(CC(C)(C)CO)c2cc(-c3cccc(CC(C)CCCC(C)C=O)c3)ccc2n1CC.C=O.CC.CC(=O)C#CCN(C)C.CC(C)C(C(N)=O)N(C)C.NN. The Bertz CT molecular complexity index is 2220. The number of aryl methyl sites for hydroxylation is 1. The molecule has 0 fully saturated rings. The number of nitrogens with zero attached hydrogens (tertiary/aromatic N) is 3. The third-order valence-electron chi connectivity index (χ3n) is 11.6. The predicted molar refractivity (Wildman–Crippen MR) is 322 cm³/mol. The van der Waals surface area contributed by atoms with Gasteiger partial charge in [0.2, 0.25) is 11.7 Å². The highest BCUT2D eigenvalue weighted by atomic mass is 16.5. The van der Waals surface area contributed by atoms with E-state index < -0.39 is 0 Å². The molecule has 0 spiro atoms. The number of Topliss-reactive ketones (excluding diaryl/α,β-unsaturated/α-hetero) is 1. The number of methoxy groups -OCH3 is 1. The van der Waals surface area contributed by atoms with Crippen LogP contribution in [0.2, 0.25) is 0 Å². The molecule has 1 heterocycles. The Hall–Kier alpha value is -5.59. The number of carbonyl (C=O) groups is 4. The number of primary amides is 1. The molecule has 3 aromatic rings. The first-order valence-corrected chi connectivity index (χ1v) is 26.3. The lowest BCUT2D eigenvalue weighted by atomic mass is 9.84. The van der Waals surface area contributed by atoms with Crippen molar-refractivity contribution < 1.29 is 29.0 Å². The second kappa shape index (κ2) is 44.7. The number of ether oxygens (including phenoxy) is 1. The van der Waals surface area contributed by atoms with Crippen LogP contribution in [0.3, 0.4) is 0 Å². The molecule has 0 aliphatic rings. The van der Waals surface area contributed by atoms with Crippen molar-refractivity contribution in [1.82, 2.24) is 14.4 Å². The number of ketones is 1. The van der Waals surface area contributed by atoms with Gasteiger partial charge in [-0.3, -0.25) is 31.1 Å². The van der Waals surface area contributed by atoms with Crippen molar-refractivity contribution in [3.63, 3.8) is 0 Å². The number of nitrogens with two attached hydrogens (primary N) is 3. The summed E-state index contributed by atoms with van der Waals surface area (Å²) in [7, 11) is 9.19. The molecule has 3 rings (SSSR count). The van der Waals surface area contributed by atoms with Gasteiger partial charge in [-0.25, -0.2) is 0 Å². The summed E-state index contributed by atoms with van der Waals surface area (Å²) in [5.74, 6) is 13.8. The standard InChI is InChI=1S/C37H50N2O3.C8H14.C7H16N2O.C7H11NO.C2H6.CH2O.H4N2/c1-8-29(24-42-7)34(22-38)36-33(21-37(5,6)25-41)32-20-31(16-17-35(32)39(36)9-2)30-15-11-14-28(19-30)18-26(3)12-10-13-27(4)23-40;1-4-7-8(5-2)6-3;1-5(2)6(7(8)10)9(3)4;1-7(9)5-4-6-8(2)3;3*1-2/h8,11,14-17,19-20,22-23,26-27,38,41H,1,9-10,12-13,18,21,24-25H2,2-7H3;5,7H,2,4,6H2,1,3H3;5-6H,1-4H3,(H2,8,10);6H2,1-3H3;1-2H3;1H2;1-2H2/b34-29-,38-22?;8-7-;;;;;. The highest BCUT2D eigenvalue weighted by molar-refractivity contribution is 6.12. The third kappa shape index (κ3) is 30.5. The van der Waals surface area contributed by atoms with Gasteiger partial charge in [0, 0.05) is 55.8 Å². The second-order valence-electron chi connectivity index (χ2n) is 19.5. The Labute approximate surface area is 455 Å². The molecule has 3 atom stereocenters. The Kier molecular flexibility index (Phi) is 45.2. The minimum atomic E-state index is -0.333. The maximum Gasteiger partial charge on any atom is 0.235 e. The molecule has 2 aromatic carbocycles. The first-order chi connectivity index (χ1) is 35.6. The Morgan fingerprint density at radius 2 is 1.55 bits per heavy atom. The molecular formula is C62H103N7O6. The van der Waals surface area contributed by atoms with Crippen LogP contribution in [-0.2, 0) is 43.3 Å². The van der Waals surface area contributed by atoms with E-state index in [-0.39, 0.29) is 41.6 Å². The van der Waals surface area contributed by atoms with Gasteiger partial charge in [-0.1, -0.05) is 155 Å². The lowest BCUT2D eigenvalue weighted by molar-refractivity contribution is -0.123. The number of hydrogen-bond acceptors (Lipinski definition) is 11. The zero-order chi connectivity index (χ0) is 58.9. The molecule has 1 amide bonds. The molecule has 75 heavy (non-hydrogen) atoms.